The summed E-state index contributed by atoms with van der Waals surface area (Å²) in [6.45, 7) is 5.94. The third kappa shape index (κ3) is 3.62. The highest BCUT2D eigenvalue weighted by Crippen LogP contribution is 2.44. The van der Waals surface area contributed by atoms with Gasteiger partial charge in [-0.15, -0.1) is 6.58 Å². The van der Waals surface area contributed by atoms with Crippen molar-refractivity contribution < 1.29 is 5.11 Å². The van der Waals surface area contributed by atoms with Crippen molar-refractivity contribution >= 4 is 0 Å². The normalized spacial score (nSPS) is 32.7. The molecule has 0 aliphatic heterocycles. The molecule has 1 heteroatoms. The van der Waals surface area contributed by atoms with E-state index >= 15 is 0 Å². The Bertz CT molecular complexity index is 271. The summed E-state index contributed by atoms with van der Waals surface area (Å²) in [4.78, 5) is 0. The number of hydrogen-bond acceptors (Lipinski definition) is 1. The largest absolute Gasteiger partial charge is 0.389 e. The zero-order valence-electron chi connectivity index (χ0n) is 12.7. The van der Waals surface area contributed by atoms with Gasteiger partial charge in [-0.05, 0) is 56.3 Å². The van der Waals surface area contributed by atoms with Gasteiger partial charge in [0.1, 0.15) is 0 Å². The van der Waals surface area contributed by atoms with E-state index in [4.69, 9.17) is 0 Å². The third-order valence-corrected chi connectivity index (χ3v) is 5.96. The predicted molar refractivity (Wildman–Crippen MR) is 82.1 cm³/mol. The van der Waals surface area contributed by atoms with Crippen LogP contribution in [-0.4, -0.2) is 10.7 Å². The summed E-state index contributed by atoms with van der Waals surface area (Å²) < 4.78 is 0. The van der Waals surface area contributed by atoms with Crippen LogP contribution >= 0.6 is 0 Å². The number of hydrogen-bond donors (Lipinski definition) is 1. The van der Waals surface area contributed by atoms with Gasteiger partial charge in [0.25, 0.3) is 0 Å². The van der Waals surface area contributed by atoms with Gasteiger partial charge in [0, 0.05) is 0 Å². The topological polar surface area (TPSA) is 20.2 Å². The van der Waals surface area contributed by atoms with E-state index in [1.165, 1.54) is 57.8 Å². The Morgan fingerprint density at radius 2 is 1.58 bits per heavy atom. The van der Waals surface area contributed by atoms with Crippen LogP contribution in [0.15, 0.2) is 12.7 Å². The number of rotatable bonds is 5. The standard InChI is InChI=1S/C18H32O/c1-3-14-18(19,4-2)17-12-10-16(11-13-17)15-8-6-5-7-9-15/h3,15-17,19H,1,4-14H2,2H3. The first-order valence-corrected chi connectivity index (χ1v) is 8.53. The molecule has 1 atom stereocenters. The molecule has 0 radical (unpaired) electrons. The molecular weight excluding hydrogens is 232 g/mol. The molecule has 110 valence electrons. The van der Waals surface area contributed by atoms with Crippen molar-refractivity contribution in [3.05, 3.63) is 12.7 Å². The van der Waals surface area contributed by atoms with Crippen molar-refractivity contribution in [2.45, 2.75) is 83.2 Å². The van der Waals surface area contributed by atoms with E-state index in [9.17, 15) is 5.11 Å². The summed E-state index contributed by atoms with van der Waals surface area (Å²) in [6.07, 6.45) is 16.0. The summed E-state index contributed by atoms with van der Waals surface area (Å²) >= 11 is 0. The Balaban J connectivity index is 1.85. The maximum atomic E-state index is 10.8. The SMILES string of the molecule is C=CCC(O)(CC)C1CCC(C2CCCCC2)CC1. The monoisotopic (exact) mass is 264 g/mol. The van der Waals surface area contributed by atoms with E-state index in [2.05, 4.69) is 13.5 Å². The third-order valence-electron chi connectivity index (χ3n) is 5.96. The lowest BCUT2D eigenvalue weighted by Gasteiger charge is -2.42. The first-order chi connectivity index (χ1) is 9.19. The van der Waals surface area contributed by atoms with Crippen molar-refractivity contribution in [1.82, 2.24) is 0 Å². The Morgan fingerprint density at radius 3 is 2.11 bits per heavy atom. The fraction of sp³-hybridized carbons (Fsp3) is 0.889. The minimum atomic E-state index is -0.473. The molecule has 2 aliphatic rings. The van der Waals surface area contributed by atoms with Gasteiger partial charge in [-0.25, -0.2) is 0 Å². The molecule has 1 unspecified atom stereocenters. The van der Waals surface area contributed by atoms with Crippen LogP contribution in [0.3, 0.4) is 0 Å². The van der Waals surface area contributed by atoms with Crippen LogP contribution in [0, 0.1) is 17.8 Å². The first-order valence-electron chi connectivity index (χ1n) is 8.53. The van der Waals surface area contributed by atoms with Crippen LogP contribution in [0.4, 0.5) is 0 Å². The molecule has 0 aromatic heterocycles. The number of aliphatic hydroxyl groups is 1. The summed E-state index contributed by atoms with van der Waals surface area (Å²) in [5.41, 5.74) is -0.473. The molecule has 0 amide bonds. The molecule has 0 saturated heterocycles. The highest BCUT2D eigenvalue weighted by molar-refractivity contribution is 4.94. The highest BCUT2D eigenvalue weighted by Gasteiger charge is 2.38. The van der Waals surface area contributed by atoms with Crippen molar-refractivity contribution in [3.8, 4) is 0 Å². The molecule has 0 aromatic rings. The van der Waals surface area contributed by atoms with Crippen LogP contribution in [0.1, 0.15) is 77.6 Å². The first kappa shape index (κ1) is 15.1. The quantitative estimate of drug-likeness (QED) is 0.686. The fourth-order valence-corrected chi connectivity index (χ4v) is 4.58. The molecule has 19 heavy (non-hydrogen) atoms. The second kappa shape index (κ2) is 6.92. The molecule has 2 saturated carbocycles. The van der Waals surface area contributed by atoms with Gasteiger partial charge in [-0.1, -0.05) is 45.1 Å². The molecule has 0 spiro atoms. The van der Waals surface area contributed by atoms with Gasteiger partial charge in [0.15, 0.2) is 0 Å². The van der Waals surface area contributed by atoms with Crippen molar-refractivity contribution in [1.29, 1.82) is 0 Å². The molecule has 2 rings (SSSR count). The van der Waals surface area contributed by atoms with Crippen molar-refractivity contribution in [3.63, 3.8) is 0 Å². The summed E-state index contributed by atoms with van der Waals surface area (Å²) in [6, 6.07) is 0. The van der Waals surface area contributed by atoms with E-state index in [1.54, 1.807) is 0 Å². The van der Waals surface area contributed by atoms with Gasteiger partial charge in [-0.2, -0.15) is 0 Å². The average Bonchev–Trinajstić information content (AvgIpc) is 2.48. The van der Waals surface area contributed by atoms with E-state index in [1.807, 2.05) is 6.08 Å². The van der Waals surface area contributed by atoms with Gasteiger partial charge in [0.05, 0.1) is 5.60 Å². The van der Waals surface area contributed by atoms with Gasteiger partial charge >= 0.3 is 0 Å². The molecule has 0 aromatic carbocycles. The van der Waals surface area contributed by atoms with Crippen LogP contribution in [0.25, 0.3) is 0 Å². The minimum Gasteiger partial charge on any atom is -0.389 e. The molecule has 1 N–H and O–H groups in total. The second-order valence-corrected chi connectivity index (χ2v) is 6.96. The summed E-state index contributed by atoms with van der Waals surface area (Å²) in [5.74, 6) is 2.47. The Labute approximate surface area is 119 Å². The van der Waals surface area contributed by atoms with Gasteiger partial charge in [0.2, 0.25) is 0 Å². The van der Waals surface area contributed by atoms with E-state index in [-0.39, 0.29) is 0 Å². The molecule has 0 bridgehead atoms. The maximum absolute atomic E-state index is 10.8. The molecule has 0 heterocycles. The average molecular weight is 264 g/mol. The summed E-state index contributed by atoms with van der Waals surface area (Å²) in [7, 11) is 0. The van der Waals surface area contributed by atoms with Gasteiger partial charge < -0.3 is 5.11 Å². The highest BCUT2D eigenvalue weighted by atomic mass is 16.3. The molecular formula is C18H32O. The van der Waals surface area contributed by atoms with E-state index in [0.717, 1.165) is 24.7 Å². The Kier molecular flexibility index (Phi) is 5.50. The van der Waals surface area contributed by atoms with Crippen molar-refractivity contribution in [2.75, 3.05) is 0 Å². The van der Waals surface area contributed by atoms with Crippen LogP contribution in [0.2, 0.25) is 0 Å². The smallest absolute Gasteiger partial charge is 0.0707 e. The lowest BCUT2D eigenvalue weighted by atomic mass is 9.66. The zero-order valence-corrected chi connectivity index (χ0v) is 12.7. The van der Waals surface area contributed by atoms with Crippen LogP contribution < -0.4 is 0 Å². The second-order valence-electron chi connectivity index (χ2n) is 6.96. The lowest BCUT2D eigenvalue weighted by molar-refractivity contribution is -0.0432. The van der Waals surface area contributed by atoms with Gasteiger partial charge in [-0.3, -0.25) is 0 Å². The van der Waals surface area contributed by atoms with Crippen molar-refractivity contribution in [2.24, 2.45) is 17.8 Å². The molecule has 2 fully saturated rings. The van der Waals surface area contributed by atoms with Crippen LogP contribution in [0.5, 0.6) is 0 Å². The fourth-order valence-electron chi connectivity index (χ4n) is 4.58. The maximum Gasteiger partial charge on any atom is 0.0707 e. The van der Waals surface area contributed by atoms with E-state index in [0.29, 0.717) is 5.92 Å². The lowest BCUT2D eigenvalue weighted by Crippen LogP contribution is -2.40. The molecule has 2 aliphatic carbocycles. The van der Waals surface area contributed by atoms with E-state index < -0.39 is 5.60 Å². The Morgan fingerprint density at radius 1 is 1.00 bits per heavy atom. The minimum absolute atomic E-state index is 0.473. The predicted octanol–water partition coefficient (Wildman–Crippen LogP) is 5.09. The summed E-state index contributed by atoms with van der Waals surface area (Å²) in [5, 5.41) is 10.8. The Hall–Kier alpha value is -0.300. The zero-order chi connectivity index (χ0) is 13.7. The molecule has 1 nitrogen and oxygen atoms in total. The van der Waals surface area contributed by atoms with Crippen LogP contribution in [-0.2, 0) is 0 Å².